The Hall–Kier alpha value is -4.29. The minimum absolute atomic E-state index is 0.000413. The van der Waals surface area contributed by atoms with E-state index < -0.39 is 23.6 Å². The molecule has 6 nitrogen and oxygen atoms in total. The molecule has 1 atom stereocenters. The van der Waals surface area contributed by atoms with E-state index in [4.69, 9.17) is 21.1 Å². The van der Waals surface area contributed by atoms with Crippen molar-refractivity contribution in [2.24, 2.45) is 5.92 Å². The molecule has 0 saturated heterocycles. The summed E-state index contributed by atoms with van der Waals surface area (Å²) in [4.78, 5) is 42.8. The maximum Gasteiger partial charge on any atom is 0.338 e. The van der Waals surface area contributed by atoms with Crippen LogP contribution < -0.4 is 0 Å². The summed E-state index contributed by atoms with van der Waals surface area (Å²) in [5.41, 5.74) is 3.46. The molecule has 0 saturated carbocycles. The van der Waals surface area contributed by atoms with Gasteiger partial charge in [0, 0.05) is 16.0 Å². The van der Waals surface area contributed by atoms with E-state index in [0.717, 1.165) is 22.2 Å². The molecule has 186 valence electrons. The van der Waals surface area contributed by atoms with Crippen LogP contribution in [0.1, 0.15) is 37.5 Å². The standard InChI is InChI=1S/C30H24ClNO5/c1-36-29(34)25-9-4-3-7-21(25)17-26(30(35)37-2)28(33)22-8-5-6-19(16-22)10-14-24-15-12-20-11-13-23(31)18-27(20)32-24/h3-16,18,26H,17H2,1-2H3/b14-10+/t26-/m0/s1. The Morgan fingerprint density at radius 2 is 1.68 bits per heavy atom. The van der Waals surface area contributed by atoms with Gasteiger partial charge < -0.3 is 9.47 Å². The summed E-state index contributed by atoms with van der Waals surface area (Å²) >= 11 is 6.09. The summed E-state index contributed by atoms with van der Waals surface area (Å²) in [6.07, 6.45) is 3.68. The summed E-state index contributed by atoms with van der Waals surface area (Å²) in [5, 5.41) is 1.60. The van der Waals surface area contributed by atoms with Crippen LogP contribution in [0.25, 0.3) is 23.1 Å². The number of hydrogen-bond acceptors (Lipinski definition) is 6. The minimum Gasteiger partial charge on any atom is -0.468 e. The Balaban J connectivity index is 1.59. The Morgan fingerprint density at radius 1 is 0.892 bits per heavy atom. The fourth-order valence-corrected chi connectivity index (χ4v) is 4.20. The Labute approximate surface area is 219 Å². The van der Waals surface area contributed by atoms with Crippen LogP contribution in [0.15, 0.2) is 78.9 Å². The van der Waals surface area contributed by atoms with Crippen LogP contribution in [0.2, 0.25) is 5.02 Å². The van der Waals surface area contributed by atoms with Gasteiger partial charge in [0.2, 0.25) is 0 Å². The molecule has 0 aliphatic heterocycles. The van der Waals surface area contributed by atoms with E-state index in [0.29, 0.717) is 21.7 Å². The molecule has 1 aromatic heterocycles. The molecule has 0 radical (unpaired) electrons. The third-order valence-electron chi connectivity index (χ3n) is 5.94. The van der Waals surface area contributed by atoms with Gasteiger partial charge in [0.05, 0.1) is 31.0 Å². The topological polar surface area (TPSA) is 82.6 Å². The van der Waals surface area contributed by atoms with E-state index in [1.165, 1.54) is 14.2 Å². The first-order valence-corrected chi connectivity index (χ1v) is 11.9. The van der Waals surface area contributed by atoms with Crippen LogP contribution in [0.3, 0.4) is 0 Å². The molecular weight excluding hydrogens is 490 g/mol. The first kappa shape index (κ1) is 25.8. The number of ketones is 1. The van der Waals surface area contributed by atoms with E-state index >= 15 is 0 Å². The maximum atomic E-state index is 13.4. The van der Waals surface area contributed by atoms with Crippen molar-refractivity contribution < 1.29 is 23.9 Å². The van der Waals surface area contributed by atoms with E-state index in [-0.39, 0.29) is 6.42 Å². The molecule has 1 heterocycles. The summed E-state index contributed by atoms with van der Waals surface area (Å²) in [5.74, 6) is -2.74. The van der Waals surface area contributed by atoms with Gasteiger partial charge in [-0.1, -0.05) is 66.2 Å². The lowest BCUT2D eigenvalue weighted by Crippen LogP contribution is -2.28. The van der Waals surface area contributed by atoms with Crippen LogP contribution in [0.4, 0.5) is 0 Å². The lowest BCUT2D eigenvalue weighted by atomic mass is 9.89. The molecule has 0 amide bonds. The zero-order valence-electron chi connectivity index (χ0n) is 20.3. The highest BCUT2D eigenvalue weighted by molar-refractivity contribution is 6.31. The molecule has 0 unspecified atom stereocenters. The molecule has 7 heteroatoms. The number of benzene rings is 3. The molecule has 0 bridgehead atoms. The molecule has 37 heavy (non-hydrogen) atoms. The molecule has 0 aliphatic rings. The van der Waals surface area contributed by atoms with Crippen LogP contribution in [0, 0.1) is 5.92 Å². The molecule has 4 aromatic rings. The average molecular weight is 514 g/mol. The SMILES string of the molecule is COC(=O)c1ccccc1C[C@H](C(=O)OC)C(=O)c1cccc(/C=C/c2ccc3ccc(Cl)cc3n2)c1. The number of Topliss-reactive ketones (excluding diaryl/α,β-unsaturated/α-hetero) is 1. The van der Waals surface area contributed by atoms with Gasteiger partial charge in [-0.05, 0) is 54.0 Å². The second-order valence-electron chi connectivity index (χ2n) is 8.32. The second kappa shape index (κ2) is 11.6. The molecule has 4 rings (SSSR count). The molecule has 0 N–H and O–H groups in total. The lowest BCUT2D eigenvalue weighted by molar-refractivity contribution is -0.143. The Kier molecular flexibility index (Phi) is 8.11. The highest BCUT2D eigenvalue weighted by Gasteiger charge is 2.30. The normalized spacial score (nSPS) is 11.9. The van der Waals surface area contributed by atoms with Crippen molar-refractivity contribution in [3.63, 3.8) is 0 Å². The number of halogens is 1. The third kappa shape index (κ3) is 6.11. The highest BCUT2D eigenvalue weighted by Crippen LogP contribution is 2.22. The summed E-state index contributed by atoms with van der Waals surface area (Å²) < 4.78 is 9.77. The van der Waals surface area contributed by atoms with Crippen molar-refractivity contribution in [3.8, 4) is 0 Å². The number of carbonyl (C=O) groups excluding carboxylic acids is 3. The second-order valence-corrected chi connectivity index (χ2v) is 8.76. The van der Waals surface area contributed by atoms with E-state index in [9.17, 15) is 14.4 Å². The van der Waals surface area contributed by atoms with Crippen molar-refractivity contribution >= 4 is 52.4 Å². The Morgan fingerprint density at radius 3 is 2.46 bits per heavy atom. The molecule has 0 aliphatic carbocycles. The van der Waals surface area contributed by atoms with E-state index in [1.54, 1.807) is 48.5 Å². The van der Waals surface area contributed by atoms with Crippen molar-refractivity contribution in [1.82, 2.24) is 4.98 Å². The zero-order chi connectivity index (χ0) is 26.4. The summed E-state index contributed by atoms with van der Waals surface area (Å²) in [6, 6.07) is 23.1. The van der Waals surface area contributed by atoms with Gasteiger partial charge in [0.1, 0.15) is 5.92 Å². The number of hydrogen-bond donors (Lipinski definition) is 0. The number of methoxy groups -OCH3 is 2. The number of esters is 2. The van der Waals surface area contributed by atoms with E-state index in [2.05, 4.69) is 4.98 Å². The predicted molar refractivity (Wildman–Crippen MR) is 143 cm³/mol. The van der Waals surface area contributed by atoms with Gasteiger partial charge in [0.15, 0.2) is 5.78 Å². The maximum absolute atomic E-state index is 13.4. The number of fused-ring (bicyclic) bond motifs is 1. The van der Waals surface area contributed by atoms with Crippen LogP contribution in [-0.4, -0.2) is 36.9 Å². The predicted octanol–water partition coefficient (Wildman–Crippen LogP) is 6.06. The van der Waals surface area contributed by atoms with Crippen molar-refractivity contribution in [3.05, 3.63) is 112 Å². The lowest BCUT2D eigenvalue weighted by Gasteiger charge is -2.16. The van der Waals surface area contributed by atoms with Gasteiger partial charge in [-0.3, -0.25) is 9.59 Å². The van der Waals surface area contributed by atoms with Crippen molar-refractivity contribution in [1.29, 1.82) is 0 Å². The molecule has 0 spiro atoms. The van der Waals surface area contributed by atoms with Crippen LogP contribution in [0.5, 0.6) is 0 Å². The Bertz CT molecular complexity index is 1510. The van der Waals surface area contributed by atoms with Gasteiger partial charge in [-0.25, -0.2) is 9.78 Å². The van der Waals surface area contributed by atoms with Gasteiger partial charge >= 0.3 is 11.9 Å². The van der Waals surface area contributed by atoms with Crippen LogP contribution >= 0.6 is 11.6 Å². The fraction of sp³-hybridized carbons (Fsp3) is 0.133. The molecule has 0 fully saturated rings. The quantitative estimate of drug-likeness (QED) is 0.162. The zero-order valence-corrected chi connectivity index (χ0v) is 21.1. The average Bonchev–Trinajstić information content (AvgIpc) is 2.93. The van der Waals surface area contributed by atoms with Crippen molar-refractivity contribution in [2.45, 2.75) is 6.42 Å². The van der Waals surface area contributed by atoms with Gasteiger partial charge in [0.25, 0.3) is 0 Å². The molecular formula is C30H24ClNO5. The van der Waals surface area contributed by atoms with Crippen molar-refractivity contribution in [2.75, 3.05) is 14.2 Å². The van der Waals surface area contributed by atoms with E-state index in [1.807, 2.05) is 42.5 Å². The first-order valence-electron chi connectivity index (χ1n) is 11.5. The number of aromatic nitrogens is 1. The largest absolute Gasteiger partial charge is 0.468 e. The number of pyridine rings is 1. The smallest absolute Gasteiger partial charge is 0.338 e. The number of ether oxygens (including phenoxy) is 2. The van der Waals surface area contributed by atoms with Crippen LogP contribution in [-0.2, 0) is 20.7 Å². The highest BCUT2D eigenvalue weighted by atomic mass is 35.5. The monoisotopic (exact) mass is 513 g/mol. The summed E-state index contributed by atoms with van der Waals surface area (Å²) in [6.45, 7) is 0. The number of rotatable bonds is 8. The first-order chi connectivity index (χ1) is 17.9. The third-order valence-corrected chi connectivity index (χ3v) is 6.18. The number of nitrogens with zero attached hydrogens (tertiary/aromatic N) is 1. The fourth-order valence-electron chi connectivity index (χ4n) is 4.03. The summed E-state index contributed by atoms with van der Waals surface area (Å²) in [7, 11) is 2.52. The minimum atomic E-state index is -1.12. The van der Waals surface area contributed by atoms with Gasteiger partial charge in [-0.15, -0.1) is 0 Å². The molecule has 3 aromatic carbocycles. The van der Waals surface area contributed by atoms with Gasteiger partial charge in [-0.2, -0.15) is 0 Å². The number of carbonyl (C=O) groups is 3.